The summed E-state index contributed by atoms with van der Waals surface area (Å²) in [6.45, 7) is 3.99. The predicted molar refractivity (Wildman–Crippen MR) is 99.8 cm³/mol. The summed E-state index contributed by atoms with van der Waals surface area (Å²) in [6, 6.07) is 4.15. The SMILES string of the molecule is Cc1cc(C(=O)N2CCc3c(F)ccc(C(=O)O)c3C2)c2c(C)nn(C)c2n1. The maximum Gasteiger partial charge on any atom is 0.336 e. The van der Waals surface area contributed by atoms with Gasteiger partial charge in [-0.25, -0.2) is 14.2 Å². The summed E-state index contributed by atoms with van der Waals surface area (Å²) in [6.07, 6.45) is 0.271. The number of carboxylic acids is 1. The number of nitrogens with zero attached hydrogens (tertiary/aromatic N) is 4. The van der Waals surface area contributed by atoms with Crippen LogP contribution in [0.3, 0.4) is 0 Å². The van der Waals surface area contributed by atoms with Gasteiger partial charge in [0.2, 0.25) is 0 Å². The van der Waals surface area contributed by atoms with E-state index in [9.17, 15) is 19.1 Å². The Bertz CT molecular complexity index is 1150. The van der Waals surface area contributed by atoms with Crippen molar-refractivity contribution >= 4 is 22.9 Å². The molecule has 0 spiro atoms. The van der Waals surface area contributed by atoms with Gasteiger partial charge in [-0.3, -0.25) is 9.48 Å². The molecule has 3 aromatic rings. The van der Waals surface area contributed by atoms with Gasteiger partial charge in [0.1, 0.15) is 5.82 Å². The minimum absolute atomic E-state index is 0.0301. The van der Waals surface area contributed by atoms with E-state index in [1.165, 1.54) is 12.1 Å². The summed E-state index contributed by atoms with van der Waals surface area (Å²) in [5.41, 5.74) is 3.24. The Balaban J connectivity index is 1.79. The van der Waals surface area contributed by atoms with E-state index in [0.717, 1.165) is 0 Å². The molecule has 7 nitrogen and oxygen atoms in total. The number of aromatic carboxylic acids is 1. The van der Waals surface area contributed by atoms with Gasteiger partial charge < -0.3 is 10.0 Å². The Morgan fingerprint density at radius 2 is 1.93 bits per heavy atom. The van der Waals surface area contributed by atoms with Crippen molar-refractivity contribution < 1.29 is 19.1 Å². The van der Waals surface area contributed by atoms with Crippen molar-refractivity contribution in [2.45, 2.75) is 26.8 Å². The fraction of sp³-hybridized carbons (Fsp3) is 0.300. The first-order chi connectivity index (χ1) is 13.3. The third-order valence-corrected chi connectivity index (χ3v) is 5.20. The van der Waals surface area contributed by atoms with Gasteiger partial charge >= 0.3 is 5.97 Å². The van der Waals surface area contributed by atoms with Gasteiger partial charge in [-0.05, 0) is 49.6 Å². The largest absolute Gasteiger partial charge is 0.478 e. The molecule has 0 unspecified atom stereocenters. The van der Waals surface area contributed by atoms with Crippen LogP contribution in [0.25, 0.3) is 11.0 Å². The third-order valence-electron chi connectivity index (χ3n) is 5.20. The standard InChI is InChI=1S/C20H19FN4O3/c1-10-8-14(17-11(2)23-24(3)18(17)22-10)19(26)25-7-6-12-15(9-25)13(20(27)28)4-5-16(12)21/h4-5,8H,6-7,9H2,1-3H3,(H,27,28). The average molecular weight is 382 g/mol. The highest BCUT2D eigenvalue weighted by atomic mass is 19.1. The number of carboxylic acid groups (broad SMARTS) is 1. The second kappa shape index (κ2) is 6.40. The summed E-state index contributed by atoms with van der Waals surface area (Å²) in [5, 5.41) is 14.5. The number of hydrogen-bond donors (Lipinski definition) is 1. The zero-order valence-corrected chi connectivity index (χ0v) is 15.8. The molecule has 0 radical (unpaired) electrons. The summed E-state index contributed by atoms with van der Waals surface area (Å²) >= 11 is 0. The molecule has 0 saturated heterocycles. The van der Waals surface area contributed by atoms with Gasteiger partial charge in [0, 0.05) is 25.8 Å². The number of pyridine rings is 1. The predicted octanol–water partition coefficient (Wildman–Crippen LogP) is 2.62. The van der Waals surface area contributed by atoms with Crippen LogP contribution in [0.2, 0.25) is 0 Å². The van der Waals surface area contributed by atoms with Gasteiger partial charge in [0.05, 0.1) is 22.2 Å². The summed E-state index contributed by atoms with van der Waals surface area (Å²) in [4.78, 5) is 30.9. The molecule has 8 heteroatoms. The molecule has 1 aromatic carbocycles. The summed E-state index contributed by atoms with van der Waals surface area (Å²) < 4.78 is 15.8. The van der Waals surface area contributed by atoms with Crippen LogP contribution < -0.4 is 0 Å². The van der Waals surface area contributed by atoms with Gasteiger partial charge in [-0.2, -0.15) is 5.10 Å². The molecule has 0 atom stereocenters. The number of carbonyl (C=O) groups is 2. The quantitative estimate of drug-likeness (QED) is 0.736. The van der Waals surface area contributed by atoms with Crippen molar-refractivity contribution in [2.24, 2.45) is 7.05 Å². The number of aryl methyl sites for hydroxylation is 3. The van der Waals surface area contributed by atoms with E-state index >= 15 is 0 Å². The highest BCUT2D eigenvalue weighted by Gasteiger charge is 2.29. The smallest absolute Gasteiger partial charge is 0.336 e. The van der Waals surface area contributed by atoms with E-state index in [1.54, 1.807) is 22.7 Å². The first kappa shape index (κ1) is 18.1. The van der Waals surface area contributed by atoms with Crippen molar-refractivity contribution in [1.82, 2.24) is 19.7 Å². The van der Waals surface area contributed by atoms with E-state index < -0.39 is 11.8 Å². The second-order valence-electron chi connectivity index (χ2n) is 7.05. The Kier molecular flexibility index (Phi) is 4.14. The third kappa shape index (κ3) is 2.72. The lowest BCUT2D eigenvalue weighted by Crippen LogP contribution is -2.37. The van der Waals surface area contributed by atoms with Gasteiger partial charge in [0.15, 0.2) is 5.65 Å². The lowest BCUT2D eigenvalue weighted by atomic mass is 9.93. The molecular formula is C20H19FN4O3. The zero-order chi connectivity index (χ0) is 20.2. The maximum atomic E-state index is 14.2. The summed E-state index contributed by atoms with van der Waals surface area (Å²) in [7, 11) is 1.77. The highest BCUT2D eigenvalue weighted by molar-refractivity contribution is 6.06. The molecule has 0 saturated carbocycles. The van der Waals surface area contributed by atoms with Crippen molar-refractivity contribution in [3.63, 3.8) is 0 Å². The normalized spacial score (nSPS) is 13.6. The van der Waals surface area contributed by atoms with E-state index in [-0.39, 0.29) is 24.4 Å². The number of halogens is 1. The molecule has 1 amide bonds. The fourth-order valence-electron chi connectivity index (χ4n) is 3.91. The first-order valence-electron chi connectivity index (χ1n) is 8.91. The molecule has 0 aliphatic carbocycles. The van der Waals surface area contributed by atoms with Crippen molar-refractivity contribution in [1.29, 1.82) is 0 Å². The van der Waals surface area contributed by atoms with Crippen molar-refractivity contribution in [3.05, 3.63) is 57.7 Å². The highest BCUT2D eigenvalue weighted by Crippen LogP contribution is 2.29. The molecule has 3 heterocycles. The number of aromatic nitrogens is 3. The Labute approximate surface area is 160 Å². The topological polar surface area (TPSA) is 88.3 Å². The van der Waals surface area contributed by atoms with Crippen LogP contribution in [0.1, 0.15) is 43.2 Å². The second-order valence-corrected chi connectivity index (χ2v) is 7.05. The van der Waals surface area contributed by atoms with Gasteiger partial charge in [-0.15, -0.1) is 0 Å². The molecule has 4 rings (SSSR count). The molecule has 1 N–H and O–H groups in total. The summed E-state index contributed by atoms with van der Waals surface area (Å²) in [5.74, 6) is -1.80. The van der Waals surface area contributed by atoms with Crippen LogP contribution in [0.5, 0.6) is 0 Å². The Hall–Kier alpha value is -3.29. The van der Waals surface area contributed by atoms with E-state index in [4.69, 9.17) is 0 Å². The number of hydrogen-bond acceptors (Lipinski definition) is 4. The number of rotatable bonds is 2. The monoisotopic (exact) mass is 382 g/mol. The minimum atomic E-state index is -1.13. The first-order valence-corrected chi connectivity index (χ1v) is 8.91. The number of amides is 1. The maximum absolute atomic E-state index is 14.2. The number of benzene rings is 1. The van der Waals surface area contributed by atoms with Crippen LogP contribution >= 0.6 is 0 Å². The van der Waals surface area contributed by atoms with E-state index in [0.29, 0.717) is 45.7 Å². The number of carbonyl (C=O) groups excluding carboxylic acids is 1. The lowest BCUT2D eigenvalue weighted by Gasteiger charge is -2.30. The fourth-order valence-corrected chi connectivity index (χ4v) is 3.91. The Morgan fingerprint density at radius 3 is 2.64 bits per heavy atom. The van der Waals surface area contributed by atoms with Gasteiger partial charge in [0.25, 0.3) is 5.91 Å². The zero-order valence-electron chi connectivity index (χ0n) is 15.8. The molecule has 28 heavy (non-hydrogen) atoms. The lowest BCUT2D eigenvalue weighted by molar-refractivity contribution is 0.0677. The van der Waals surface area contributed by atoms with Crippen LogP contribution in [0, 0.1) is 19.7 Å². The van der Waals surface area contributed by atoms with Crippen LogP contribution in [-0.4, -0.2) is 43.2 Å². The molecule has 144 valence electrons. The van der Waals surface area contributed by atoms with E-state index in [1.807, 2.05) is 13.8 Å². The minimum Gasteiger partial charge on any atom is -0.478 e. The van der Waals surface area contributed by atoms with E-state index in [2.05, 4.69) is 10.1 Å². The van der Waals surface area contributed by atoms with Crippen LogP contribution in [0.15, 0.2) is 18.2 Å². The molecule has 1 aliphatic heterocycles. The van der Waals surface area contributed by atoms with Gasteiger partial charge in [-0.1, -0.05) is 0 Å². The van der Waals surface area contributed by atoms with Crippen LogP contribution in [0.4, 0.5) is 4.39 Å². The number of fused-ring (bicyclic) bond motifs is 2. The molecule has 0 fully saturated rings. The molecule has 1 aliphatic rings. The average Bonchev–Trinajstić information content (AvgIpc) is 2.94. The molecular weight excluding hydrogens is 363 g/mol. The molecule has 2 aromatic heterocycles. The molecule has 0 bridgehead atoms. The Morgan fingerprint density at radius 1 is 1.18 bits per heavy atom. The van der Waals surface area contributed by atoms with Crippen LogP contribution in [-0.2, 0) is 20.0 Å². The van der Waals surface area contributed by atoms with Crippen molar-refractivity contribution in [3.8, 4) is 0 Å². The van der Waals surface area contributed by atoms with Crippen molar-refractivity contribution in [2.75, 3.05) is 6.54 Å².